The van der Waals surface area contributed by atoms with E-state index in [-0.39, 0.29) is 18.0 Å². The van der Waals surface area contributed by atoms with Crippen molar-refractivity contribution in [3.8, 4) is 0 Å². The molecule has 1 atom stereocenters. The second-order valence-electron chi connectivity index (χ2n) is 5.80. The molecule has 2 heterocycles. The lowest BCUT2D eigenvalue weighted by atomic mass is 10.1. The average molecular weight is 324 g/mol. The Morgan fingerprint density at radius 2 is 2.25 bits per heavy atom. The first-order chi connectivity index (χ1) is 11.6. The van der Waals surface area contributed by atoms with Crippen LogP contribution in [-0.2, 0) is 6.42 Å². The number of carbonyl (C=O) groups excluding carboxylic acids is 2. The van der Waals surface area contributed by atoms with Crippen LogP contribution in [0, 0.1) is 0 Å². The minimum atomic E-state index is -0.176. The predicted octanol–water partition coefficient (Wildman–Crippen LogP) is 2.81. The van der Waals surface area contributed by atoms with Crippen molar-refractivity contribution in [1.29, 1.82) is 0 Å². The normalized spacial score (nSPS) is 16.8. The van der Waals surface area contributed by atoms with Crippen molar-refractivity contribution < 1.29 is 9.59 Å². The second-order valence-corrected chi connectivity index (χ2v) is 5.80. The zero-order chi connectivity index (χ0) is 17.1. The maximum absolute atomic E-state index is 12.5. The van der Waals surface area contributed by atoms with Gasteiger partial charge in [-0.05, 0) is 43.2 Å². The van der Waals surface area contributed by atoms with E-state index >= 15 is 0 Å². The van der Waals surface area contributed by atoms with Gasteiger partial charge in [-0.25, -0.2) is 4.79 Å². The fourth-order valence-corrected chi connectivity index (χ4v) is 2.85. The van der Waals surface area contributed by atoms with Crippen LogP contribution in [0.15, 0.2) is 42.7 Å². The number of nitrogens with zero attached hydrogens (tertiary/aromatic N) is 2. The molecule has 3 rings (SSSR count). The van der Waals surface area contributed by atoms with E-state index < -0.39 is 0 Å². The molecule has 1 aliphatic rings. The van der Waals surface area contributed by atoms with Gasteiger partial charge < -0.3 is 10.6 Å². The number of nitrogens with one attached hydrogen (secondary N) is 2. The van der Waals surface area contributed by atoms with E-state index in [9.17, 15) is 9.59 Å². The monoisotopic (exact) mass is 324 g/mol. The molecule has 2 aromatic rings. The van der Waals surface area contributed by atoms with Crippen LogP contribution >= 0.6 is 0 Å². The first kappa shape index (κ1) is 16.0. The second kappa shape index (κ2) is 6.70. The molecule has 6 heteroatoms. The number of carbonyl (C=O) groups is 2. The van der Waals surface area contributed by atoms with E-state index in [1.807, 2.05) is 38.1 Å². The van der Waals surface area contributed by atoms with Gasteiger partial charge in [0.1, 0.15) is 0 Å². The van der Waals surface area contributed by atoms with Crippen LogP contribution in [0.4, 0.5) is 16.2 Å². The highest BCUT2D eigenvalue weighted by Gasteiger charge is 2.28. The lowest BCUT2D eigenvalue weighted by Gasteiger charge is -2.20. The van der Waals surface area contributed by atoms with Gasteiger partial charge in [-0.15, -0.1) is 0 Å². The van der Waals surface area contributed by atoms with E-state index in [4.69, 9.17) is 0 Å². The molecule has 124 valence electrons. The molecule has 24 heavy (non-hydrogen) atoms. The Kier molecular flexibility index (Phi) is 4.46. The molecule has 0 radical (unpaired) electrons. The van der Waals surface area contributed by atoms with Gasteiger partial charge in [0.25, 0.3) is 5.91 Å². The minimum Gasteiger partial charge on any atom is -0.336 e. The Morgan fingerprint density at radius 1 is 1.42 bits per heavy atom. The molecule has 0 bridgehead atoms. The first-order valence-corrected chi connectivity index (χ1v) is 8.01. The van der Waals surface area contributed by atoms with Crippen molar-refractivity contribution >= 4 is 23.3 Å². The van der Waals surface area contributed by atoms with Gasteiger partial charge in [-0.1, -0.05) is 13.0 Å². The van der Waals surface area contributed by atoms with Crippen molar-refractivity contribution in [2.24, 2.45) is 0 Å². The fraction of sp³-hybridized carbons (Fsp3) is 0.278. The van der Waals surface area contributed by atoms with Gasteiger partial charge in [0.2, 0.25) is 0 Å². The number of rotatable bonds is 4. The minimum absolute atomic E-state index is 0.0790. The van der Waals surface area contributed by atoms with Crippen LogP contribution in [0.2, 0.25) is 0 Å². The lowest BCUT2D eigenvalue weighted by Crippen LogP contribution is -2.32. The molecule has 0 aliphatic carbocycles. The van der Waals surface area contributed by atoms with Crippen molar-refractivity contribution in [2.45, 2.75) is 26.3 Å². The number of anilines is 2. The van der Waals surface area contributed by atoms with Crippen LogP contribution < -0.4 is 15.5 Å². The Hall–Kier alpha value is -2.89. The number of urea groups is 1. The maximum Gasteiger partial charge on any atom is 0.322 e. The van der Waals surface area contributed by atoms with Gasteiger partial charge in [-0.2, -0.15) is 0 Å². The van der Waals surface area contributed by atoms with Gasteiger partial charge in [0.15, 0.2) is 0 Å². The zero-order valence-corrected chi connectivity index (χ0v) is 13.7. The maximum atomic E-state index is 12.5. The van der Waals surface area contributed by atoms with Gasteiger partial charge in [0.05, 0.1) is 6.04 Å². The van der Waals surface area contributed by atoms with Crippen molar-refractivity contribution in [1.82, 2.24) is 10.3 Å². The van der Waals surface area contributed by atoms with Crippen LogP contribution in [-0.4, -0.2) is 29.5 Å². The number of hydrogen-bond acceptors (Lipinski definition) is 3. The number of hydrogen-bond donors (Lipinski definition) is 2. The molecule has 1 aromatic carbocycles. The summed E-state index contributed by atoms with van der Waals surface area (Å²) in [4.78, 5) is 30.2. The zero-order valence-electron chi connectivity index (χ0n) is 13.7. The third-order valence-corrected chi connectivity index (χ3v) is 4.12. The Bertz CT molecular complexity index is 775. The quantitative estimate of drug-likeness (QED) is 0.908. The van der Waals surface area contributed by atoms with E-state index in [0.29, 0.717) is 17.8 Å². The highest BCUT2D eigenvalue weighted by atomic mass is 16.2. The van der Waals surface area contributed by atoms with E-state index in [1.165, 1.54) is 0 Å². The smallest absolute Gasteiger partial charge is 0.322 e. The summed E-state index contributed by atoms with van der Waals surface area (Å²) in [6, 6.07) is 8.99. The molecule has 0 saturated carbocycles. The van der Waals surface area contributed by atoms with Gasteiger partial charge in [0, 0.05) is 35.9 Å². The molecule has 1 aliphatic heterocycles. The predicted molar refractivity (Wildman–Crippen MR) is 93.3 cm³/mol. The number of pyridine rings is 1. The van der Waals surface area contributed by atoms with E-state index in [2.05, 4.69) is 15.6 Å². The van der Waals surface area contributed by atoms with Crippen molar-refractivity contribution in [3.63, 3.8) is 0 Å². The standard InChI is InChI=1S/C18H20N4O2/c1-3-13-11-19-8-7-16(13)17(23)21-14-5-4-6-15(9-14)22-12(2)10-20-18(22)24/h4-9,11-12H,3,10H2,1-2H3,(H,20,24)(H,21,23)/t12-/m0/s1. The molecule has 1 saturated heterocycles. The summed E-state index contributed by atoms with van der Waals surface area (Å²) in [5.74, 6) is -0.176. The topological polar surface area (TPSA) is 74.3 Å². The van der Waals surface area contributed by atoms with Crippen LogP contribution in [0.3, 0.4) is 0 Å². The fourth-order valence-electron chi connectivity index (χ4n) is 2.85. The molecule has 3 amide bonds. The molecule has 1 aromatic heterocycles. The molecule has 0 unspecified atom stereocenters. The number of amides is 3. The summed E-state index contributed by atoms with van der Waals surface area (Å²) < 4.78 is 0. The van der Waals surface area contributed by atoms with Crippen LogP contribution in [0.1, 0.15) is 29.8 Å². The molecule has 2 N–H and O–H groups in total. The number of aryl methyl sites for hydroxylation is 1. The van der Waals surface area contributed by atoms with Gasteiger partial charge in [-0.3, -0.25) is 14.7 Å². The summed E-state index contributed by atoms with van der Waals surface area (Å²) in [6.45, 7) is 4.59. The highest BCUT2D eigenvalue weighted by molar-refractivity contribution is 6.05. The van der Waals surface area contributed by atoms with E-state index in [0.717, 1.165) is 17.7 Å². The van der Waals surface area contributed by atoms with Crippen LogP contribution in [0.25, 0.3) is 0 Å². The van der Waals surface area contributed by atoms with Gasteiger partial charge >= 0.3 is 6.03 Å². The third-order valence-electron chi connectivity index (χ3n) is 4.12. The summed E-state index contributed by atoms with van der Waals surface area (Å²) in [5, 5.41) is 5.71. The Labute approximate surface area is 140 Å². The highest BCUT2D eigenvalue weighted by Crippen LogP contribution is 2.24. The van der Waals surface area contributed by atoms with E-state index in [1.54, 1.807) is 23.4 Å². The lowest BCUT2D eigenvalue weighted by molar-refractivity contribution is 0.102. The first-order valence-electron chi connectivity index (χ1n) is 8.01. The summed E-state index contributed by atoms with van der Waals surface area (Å²) >= 11 is 0. The van der Waals surface area contributed by atoms with Crippen molar-refractivity contribution in [3.05, 3.63) is 53.9 Å². The SMILES string of the molecule is CCc1cnccc1C(=O)Nc1cccc(N2C(=O)NC[C@@H]2C)c1. The molecular weight excluding hydrogens is 304 g/mol. The molecule has 0 spiro atoms. The summed E-state index contributed by atoms with van der Waals surface area (Å²) in [7, 11) is 0. The molecule has 6 nitrogen and oxygen atoms in total. The largest absolute Gasteiger partial charge is 0.336 e. The number of benzene rings is 1. The average Bonchev–Trinajstić information content (AvgIpc) is 2.93. The summed E-state index contributed by atoms with van der Waals surface area (Å²) in [5.41, 5.74) is 2.94. The van der Waals surface area contributed by atoms with Crippen molar-refractivity contribution in [2.75, 3.05) is 16.8 Å². The Balaban J connectivity index is 1.82. The Morgan fingerprint density at radius 3 is 2.96 bits per heavy atom. The number of aromatic nitrogens is 1. The summed E-state index contributed by atoms with van der Waals surface area (Å²) in [6.07, 6.45) is 4.06. The molecular formula is C18H20N4O2. The third kappa shape index (κ3) is 3.08. The van der Waals surface area contributed by atoms with Crippen LogP contribution in [0.5, 0.6) is 0 Å². The molecule has 1 fully saturated rings.